The van der Waals surface area contributed by atoms with Crippen molar-refractivity contribution in [2.75, 3.05) is 17.7 Å². The Morgan fingerprint density at radius 1 is 1.38 bits per heavy atom. The Bertz CT molecular complexity index is 461. The molecule has 16 heavy (non-hydrogen) atoms. The van der Waals surface area contributed by atoms with E-state index in [1.165, 1.54) is 13.1 Å². The van der Waals surface area contributed by atoms with Gasteiger partial charge in [0.25, 0.3) is 0 Å². The summed E-state index contributed by atoms with van der Waals surface area (Å²) in [7, 11) is 1.20. The molecule has 0 spiro atoms. The lowest BCUT2D eigenvalue weighted by atomic mass is 10.1. The number of nitrogen functional groups attached to an aromatic ring is 1. The van der Waals surface area contributed by atoms with E-state index >= 15 is 0 Å². The largest absolute Gasteiger partial charge is 0.478 e. The summed E-state index contributed by atoms with van der Waals surface area (Å²) in [5.74, 6) is -1.29. The first kappa shape index (κ1) is 12.1. The van der Waals surface area contributed by atoms with Crippen LogP contribution in [-0.4, -0.2) is 29.3 Å². The highest BCUT2D eigenvalue weighted by Gasteiger charge is 2.21. The van der Waals surface area contributed by atoms with E-state index in [0.717, 1.165) is 11.0 Å². The average Bonchev–Trinajstić information content (AvgIpc) is 2.15. The lowest BCUT2D eigenvalue weighted by Crippen LogP contribution is -2.27. The van der Waals surface area contributed by atoms with Crippen molar-refractivity contribution in [3.63, 3.8) is 0 Å². The number of hydrogen-bond donors (Lipinski definition) is 3. The number of nitrogens with two attached hydrogens (primary N) is 1. The molecule has 1 amide bonds. The predicted octanol–water partition coefficient (Wildman–Crippen LogP) is 1.73. The molecule has 0 saturated carbocycles. The van der Waals surface area contributed by atoms with Crippen LogP contribution in [0.25, 0.3) is 0 Å². The molecular weight excluding hydrogens is 236 g/mol. The Hall–Kier alpha value is -1.95. The Morgan fingerprint density at radius 3 is 2.38 bits per heavy atom. The van der Waals surface area contributed by atoms with E-state index in [1.54, 1.807) is 0 Å². The third kappa shape index (κ3) is 2.17. The molecule has 6 nitrogen and oxygen atoms in total. The van der Waals surface area contributed by atoms with Crippen molar-refractivity contribution in [2.45, 2.75) is 0 Å². The second-order valence-electron chi connectivity index (χ2n) is 3.04. The third-order valence-electron chi connectivity index (χ3n) is 1.96. The summed E-state index contributed by atoms with van der Waals surface area (Å²) >= 11 is 5.64. The molecule has 0 aromatic heterocycles. The zero-order valence-electron chi connectivity index (χ0n) is 8.27. The van der Waals surface area contributed by atoms with Gasteiger partial charge in [-0.3, -0.25) is 4.90 Å². The summed E-state index contributed by atoms with van der Waals surface area (Å²) in [5, 5.41) is 17.8. The first-order chi connectivity index (χ1) is 7.34. The van der Waals surface area contributed by atoms with Crippen LogP contribution in [-0.2, 0) is 0 Å². The molecule has 86 valence electrons. The summed E-state index contributed by atoms with van der Waals surface area (Å²) in [6.07, 6.45) is -1.31. The molecule has 7 heteroatoms. The molecule has 0 atom stereocenters. The smallest absolute Gasteiger partial charge is 0.411 e. The van der Waals surface area contributed by atoms with Gasteiger partial charge in [0.2, 0.25) is 0 Å². The molecule has 1 rings (SSSR count). The fourth-order valence-corrected chi connectivity index (χ4v) is 1.48. The summed E-state index contributed by atoms with van der Waals surface area (Å²) in [6.45, 7) is 0. The summed E-state index contributed by atoms with van der Waals surface area (Å²) in [6, 6.07) is 2.44. The van der Waals surface area contributed by atoms with Crippen LogP contribution in [0.1, 0.15) is 10.4 Å². The maximum atomic E-state index is 10.9. The van der Waals surface area contributed by atoms with E-state index in [0.29, 0.717) is 0 Å². The summed E-state index contributed by atoms with van der Waals surface area (Å²) in [5.41, 5.74) is 5.19. The number of carboxylic acid groups (broad SMARTS) is 2. The number of carbonyl (C=O) groups is 2. The predicted molar refractivity (Wildman–Crippen MR) is 59.3 cm³/mol. The molecule has 0 unspecified atom stereocenters. The van der Waals surface area contributed by atoms with Gasteiger partial charge in [-0.2, -0.15) is 0 Å². The Labute approximate surface area is 95.8 Å². The average molecular weight is 245 g/mol. The van der Waals surface area contributed by atoms with E-state index in [1.807, 2.05) is 0 Å². The molecule has 0 fully saturated rings. The minimum absolute atomic E-state index is 0.00481. The van der Waals surface area contributed by atoms with Crippen molar-refractivity contribution in [3.8, 4) is 0 Å². The van der Waals surface area contributed by atoms with Crippen molar-refractivity contribution >= 4 is 35.0 Å². The number of benzene rings is 1. The fourth-order valence-electron chi connectivity index (χ4n) is 1.25. The monoisotopic (exact) mass is 244 g/mol. The molecule has 1 aromatic carbocycles. The van der Waals surface area contributed by atoms with E-state index < -0.39 is 12.1 Å². The van der Waals surface area contributed by atoms with Crippen LogP contribution in [0.5, 0.6) is 0 Å². The molecule has 0 radical (unpaired) electrons. The molecular formula is C9H9ClN2O4. The molecule has 0 heterocycles. The number of aromatic carboxylic acids is 1. The van der Waals surface area contributed by atoms with Gasteiger partial charge in [-0.1, -0.05) is 11.6 Å². The van der Waals surface area contributed by atoms with Crippen LogP contribution in [0.15, 0.2) is 12.1 Å². The van der Waals surface area contributed by atoms with E-state index in [-0.39, 0.29) is 22.0 Å². The first-order valence-corrected chi connectivity index (χ1v) is 4.51. The number of rotatable bonds is 2. The summed E-state index contributed by atoms with van der Waals surface area (Å²) < 4.78 is 0. The maximum absolute atomic E-state index is 10.9. The zero-order valence-corrected chi connectivity index (χ0v) is 9.02. The van der Waals surface area contributed by atoms with Gasteiger partial charge >= 0.3 is 12.1 Å². The maximum Gasteiger partial charge on any atom is 0.411 e. The van der Waals surface area contributed by atoms with E-state index in [9.17, 15) is 9.59 Å². The number of halogens is 1. The molecule has 4 N–H and O–H groups in total. The van der Waals surface area contributed by atoms with Crippen LogP contribution in [0.2, 0.25) is 5.02 Å². The van der Waals surface area contributed by atoms with Gasteiger partial charge < -0.3 is 15.9 Å². The number of hydrogen-bond acceptors (Lipinski definition) is 3. The molecule has 0 bridgehead atoms. The number of anilines is 2. The standard InChI is InChI=1S/C9H9ClN2O4/c1-12(9(15)16)7-5(8(13)14)2-4(10)3-6(7)11/h2-3H,11H2,1H3,(H,13,14)(H,15,16). The quantitative estimate of drug-likeness (QED) is 0.688. The highest BCUT2D eigenvalue weighted by atomic mass is 35.5. The molecule has 0 aliphatic rings. The number of nitrogens with zero attached hydrogens (tertiary/aromatic N) is 1. The highest BCUT2D eigenvalue weighted by Crippen LogP contribution is 2.31. The molecule has 0 saturated heterocycles. The van der Waals surface area contributed by atoms with Crippen LogP contribution in [0, 0.1) is 0 Å². The van der Waals surface area contributed by atoms with Gasteiger partial charge in [-0.15, -0.1) is 0 Å². The molecule has 0 aliphatic carbocycles. The van der Waals surface area contributed by atoms with Crippen LogP contribution < -0.4 is 10.6 Å². The van der Waals surface area contributed by atoms with Crippen LogP contribution in [0.3, 0.4) is 0 Å². The van der Waals surface area contributed by atoms with Crippen LogP contribution in [0.4, 0.5) is 16.2 Å². The van der Waals surface area contributed by atoms with Gasteiger partial charge in [0, 0.05) is 12.1 Å². The van der Waals surface area contributed by atoms with Crippen LogP contribution >= 0.6 is 11.6 Å². The molecule has 1 aromatic rings. The second-order valence-corrected chi connectivity index (χ2v) is 3.47. The SMILES string of the molecule is CN(C(=O)O)c1c(N)cc(Cl)cc1C(=O)O. The molecule has 0 aliphatic heterocycles. The lowest BCUT2D eigenvalue weighted by Gasteiger charge is -2.18. The lowest BCUT2D eigenvalue weighted by molar-refractivity contribution is 0.0698. The minimum Gasteiger partial charge on any atom is -0.478 e. The van der Waals surface area contributed by atoms with Crippen molar-refractivity contribution in [3.05, 3.63) is 22.7 Å². The topological polar surface area (TPSA) is 104 Å². The Kier molecular flexibility index (Phi) is 3.24. The van der Waals surface area contributed by atoms with Gasteiger partial charge in [0.05, 0.1) is 16.9 Å². The van der Waals surface area contributed by atoms with Gasteiger partial charge in [-0.05, 0) is 12.1 Å². The van der Waals surface area contributed by atoms with Gasteiger partial charge in [0.1, 0.15) is 0 Å². The normalized spacial score (nSPS) is 9.88. The number of amides is 1. The van der Waals surface area contributed by atoms with E-state index in [2.05, 4.69) is 0 Å². The second kappa shape index (κ2) is 4.28. The Morgan fingerprint density at radius 2 is 1.94 bits per heavy atom. The minimum atomic E-state index is -1.31. The van der Waals surface area contributed by atoms with Crippen molar-refractivity contribution < 1.29 is 19.8 Å². The van der Waals surface area contributed by atoms with Crippen molar-refractivity contribution in [1.82, 2.24) is 0 Å². The van der Waals surface area contributed by atoms with Crippen molar-refractivity contribution in [2.24, 2.45) is 0 Å². The Balaban J connectivity index is 3.46. The van der Waals surface area contributed by atoms with E-state index in [4.69, 9.17) is 27.5 Å². The third-order valence-corrected chi connectivity index (χ3v) is 2.18. The zero-order chi connectivity index (χ0) is 12.5. The van der Waals surface area contributed by atoms with Gasteiger partial charge in [-0.25, -0.2) is 9.59 Å². The number of carboxylic acids is 1. The fraction of sp³-hybridized carbons (Fsp3) is 0.111. The highest BCUT2D eigenvalue weighted by molar-refractivity contribution is 6.31. The first-order valence-electron chi connectivity index (χ1n) is 4.13. The van der Waals surface area contributed by atoms with Gasteiger partial charge in [0.15, 0.2) is 0 Å². The summed E-state index contributed by atoms with van der Waals surface area (Å²) in [4.78, 5) is 22.4. The van der Waals surface area contributed by atoms with Crippen molar-refractivity contribution in [1.29, 1.82) is 0 Å².